The van der Waals surface area contributed by atoms with E-state index < -0.39 is 0 Å². The summed E-state index contributed by atoms with van der Waals surface area (Å²) in [6, 6.07) is 9.93. The predicted molar refractivity (Wildman–Crippen MR) is 65.9 cm³/mol. The number of carbonyl (C=O) groups is 1. The van der Waals surface area contributed by atoms with E-state index >= 15 is 0 Å². The molecule has 1 heterocycles. The lowest BCUT2D eigenvalue weighted by Crippen LogP contribution is -2.34. The van der Waals surface area contributed by atoms with E-state index in [4.69, 9.17) is 0 Å². The molecule has 2 heteroatoms. The lowest BCUT2D eigenvalue weighted by Gasteiger charge is -2.25. The Labute approximate surface area is 96.6 Å². The largest absolute Gasteiger partial charge is 0.339 e. The molecule has 1 amide bonds. The fourth-order valence-corrected chi connectivity index (χ4v) is 1.95. The van der Waals surface area contributed by atoms with Crippen LogP contribution in [-0.4, -0.2) is 23.9 Å². The van der Waals surface area contributed by atoms with Crippen LogP contribution in [0.25, 0.3) is 6.08 Å². The van der Waals surface area contributed by atoms with Crippen LogP contribution in [0.2, 0.25) is 0 Å². The predicted octanol–water partition coefficient (Wildman–Crippen LogP) is 2.71. The highest BCUT2D eigenvalue weighted by molar-refractivity contribution is 5.91. The van der Waals surface area contributed by atoms with Gasteiger partial charge in [-0.3, -0.25) is 4.79 Å². The second kappa shape index (κ2) is 5.50. The van der Waals surface area contributed by atoms with Gasteiger partial charge in [-0.25, -0.2) is 0 Å². The van der Waals surface area contributed by atoms with Crippen molar-refractivity contribution in [1.82, 2.24) is 4.90 Å². The minimum Gasteiger partial charge on any atom is -0.339 e. The standard InChI is InChI=1S/C14H17NO/c16-14(15-11-5-2-6-12-15)10-9-13-7-3-1-4-8-13/h1,3-4,7-10H,2,5-6,11-12H2/b10-9+. The maximum Gasteiger partial charge on any atom is 0.246 e. The SMILES string of the molecule is O=C(/C=C/c1ccccc1)N1CCCCC1. The summed E-state index contributed by atoms with van der Waals surface area (Å²) in [6.07, 6.45) is 7.11. The summed E-state index contributed by atoms with van der Waals surface area (Å²) in [5, 5.41) is 0. The molecule has 0 atom stereocenters. The number of hydrogen-bond acceptors (Lipinski definition) is 1. The van der Waals surface area contributed by atoms with Crippen LogP contribution < -0.4 is 0 Å². The lowest BCUT2D eigenvalue weighted by molar-refractivity contribution is -0.126. The fourth-order valence-electron chi connectivity index (χ4n) is 1.95. The van der Waals surface area contributed by atoms with Gasteiger partial charge in [0.15, 0.2) is 0 Å². The number of benzene rings is 1. The highest BCUT2D eigenvalue weighted by atomic mass is 16.2. The molecule has 0 spiro atoms. The Kier molecular flexibility index (Phi) is 3.76. The van der Waals surface area contributed by atoms with Gasteiger partial charge in [-0.05, 0) is 30.9 Å². The zero-order chi connectivity index (χ0) is 11.2. The van der Waals surface area contributed by atoms with E-state index in [9.17, 15) is 4.79 Å². The summed E-state index contributed by atoms with van der Waals surface area (Å²) >= 11 is 0. The topological polar surface area (TPSA) is 20.3 Å². The van der Waals surface area contributed by atoms with E-state index in [0.717, 1.165) is 31.5 Å². The van der Waals surface area contributed by atoms with Gasteiger partial charge in [-0.1, -0.05) is 30.3 Å². The summed E-state index contributed by atoms with van der Waals surface area (Å²) in [5.74, 6) is 0.142. The van der Waals surface area contributed by atoms with E-state index in [2.05, 4.69) is 0 Å². The number of likely N-dealkylation sites (tertiary alicyclic amines) is 1. The molecule has 0 N–H and O–H groups in total. The van der Waals surface area contributed by atoms with Crippen LogP contribution in [0.1, 0.15) is 24.8 Å². The van der Waals surface area contributed by atoms with Gasteiger partial charge in [0.1, 0.15) is 0 Å². The van der Waals surface area contributed by atoms with Gasteiger partial charge in [-0.15, -0.1) is 0 Å². The summed E-state index contributed by atoms with van der Waals surface area (Å²) in [6.45, 7) is 1.83. The van der Waals surface area contributed by atoms with Crippen molar-refractivity contribution in [2.75, 3.05) is 13.1 Å². The van der Waals surface area contributed by atoms with E-state index in [-0.39, 0.29) is 5.91 Å². The molecule has 1 aliphatic rings. The van der Waals surface area contributed by atoms with Gasteiger partial charge in [0.2, 0.25) is 5.91 Å². The summed E-state index contributed by atoms with van der Waals surface area (Å²) in [5.41, 5.74) is 1.08. The number of nitrogens with zero attached hydrogens (tertiary/aromatic N) is 1. The number of amides is 1. The Morgan fingerprint density at radius 2 is 1.75 bits per heavy atom. The quantitative estimate of drug-likeness (QED) is 0.695. The monoisotopic (exact) mass is 215 g/mol. The van der Waals surface area contributed by atoms with E-state index in [1.54, 1.807) is 6.08 Å². The molecule has 2 rings (SSSR count). The maximum absolute atomic E-state index is 11.8. The molecule has 0 aromatic heterocycles. The van der Waals surface area contributed by atoms with Crippen LogP contribution in [0, 0.1) is 0 Å². The molecular weight excluding hydrogens is 198 g/mol. The van der Waals surface area contributed by atoms with Crippen LogP contribution in [0.15, 0.2) is 36.4 Å². The molecule has 0 unspecified atom stereocenters. The second-order valence-electron chi connectivity index (χ2n) is 4.13. The molecule has 16 heavy (non-hydrogen) atoms. The minimum absolute atomic E-state index is 0.142. The third-order valence-electron chi connectivity index (χ3n) is 2.89. The fraction of sp³-hybridized carbons (Fsp3) is 0.357. The normalized spacial score (nSPS) is 16.6. The van der Waals surface area contributed by atoms with E-state index in [1.165, 1.54) is 6.42 Å². The molecule has 1 saturated heterocycles. The third-order valence-corrected chi connectivity index (χ3v) is 2.89. The maximum atomic E-state index is 11.8. The molecule has 2 nitrogen and oxygen atoms in total. The number of rotatable bonds is 2. The van der Waals surface area contributed by atoms with Gasteiger partial charge in [0, 0.05) is 19.2 Å². The molecular formula is C14H17NO. The van der Waals surface area contributed by atoms with Crippen molar-refractivity contribution in [1.29, 1.82) is 0 Å². The molecule has 1 aromatic carbocycles. The zero-order valence-electron chi connectivity index (χ0n) is 9.43. The molecule has 1 fully saturated rings. The van der Waals surface area contributed by atoms with Crippen molar-refractivity contribution < 1.29 is 4.79 Å². The van der Waals surface area contributed by atoms with Gasteiger partial charge in [-0.2, -0.15) is 0 Å². The van der Waals surface area contributed by atoms with Crippen LogP contribution >= 0.6 is 0 Å². The van der Waals surface area contributed by atoms with E-state index in [0.29, 0.717) is 0 Å². The lowest BCUT2D eigenvalue weighted by atomic mass is 10.1. The average Bonchev–Trinajstić information content (AvgIpc) is 2.38. The first-order valence-electron chi connectivity index (χ1n) is 5.88. The smallest absolute Gasteiger partial charge is 0.246 e. The highest BCUT2D eigenvalue weighted by Crippen LogP contribution is 2.09. The molecule has 0 aliphatic carbocycles. The summed E-state index contributed by atoms with van der Waals surface area (Å²) in [4.78, 5) is 13.7. The Morgan fingerprint density at radius 3 is 2.44 bits per heavy atom. The molecule has 84 valence electrons. The first-order chi connectivity index (χ1) is 7.86. The Hall–Kier alpha value is -1.57. The van der Waals surface area contributed by atoms with Crippen LogP contribution in [0.5, 0.6) is 0 Å². The third kappa shape index (κ3) is 2.96. The van der Waals surface area contributed by atoms with Crippen molar-refractivity contribution in [2.45, 2.75) is 19.3 Å². The first kappa shape index (κ1) is 10.9. The Balaban J connectivity index is 1.93. The van der Waals surface area contributed by atoms with Crippen molar-refractivity contribution in [3.63, 3.8) is 0 Å². The van der Waals surface area contributed by atoms with Gasteiger partial charge in [0.05, 0.1) is 0 Å². The number of piperidine rings is 1. The average molecular weight is 215 g/mol. The minimum atomic E-state index is 0.142. The second-order valence-corrected chi connectivity index (χ2v) is 4.13. The first-order valence-corrected chi connectivity index (χ1v) is 5.88. The van der Waals surface area contributed by atoms with Crippen LogP contribution in [-0.2, 0) is 4.79 Å². The van der Waals surface area contributed by atoms with Crippen LogP contribution in [0.4, 0.5) is 0 Å². The molecule has 1 aromatic rings. The van der Waals surface area contributed by atoms with Crippen molar-refractivity contribution in [2.24, 2.45) is 0 Å². The number of hydrogen-bond donors (Lipinski definition) is 0. The Bertz CT molecular complexity index is 364. The van der Waals surface area contributed by atoms with Gasteiger partial charge in [0.25, 0.3) is 0 Å². The van der Waals surface area contributed by atoms with Gasteiger partial charge < -0.3 is 4.90 Å². The molecule has 0 radical (unpaired) electrons. The van der Waals surface area contributed by atoms with Crippen molar-refractivity contribution in [3.05, 3.63) is 42.0 Å². The Morgan fingerprint density at radius 1 is 1.06 bits per heavy atom. The van der Waals surface area contributed by atoms with Crippen molar-refractivity contribution in [3.8, 4) is 0 Å². The molecule has 0 bridgehead atoms. The van der Waals surface area contributed by atoms with Crippen molar-refractivity contribution >= 4 is 12.0 Å². The van der Waals surface area contributed by atoms with Gasteiger partial charge >= 0.3 is 0 Å². The van der Waals surface area contributed by atoms with E-state index in [1.807, 2.05) is 41.3 Å². The summed E-state index contributed by atoms with van der Waals surface area (Å²) < 4.78 is 0. The molecule has 0 saturated carbocycles. The summed E-state index contributed by atoms with van der Waals surface area (Å²) in [7, 11) is 0. The highest BCUT2D eigenvalue weighted by Gasteiger charge is 2.13. The zero-order valence-corrected chi connectivity index (χ0v) is 9.43. The molecule has 1 aliphatic heterocycles. The number of carbonyl (C=O) groups excluding carboxylic acids is 1. The van der Waals surface area contributed by atoms with Crippen LogP contribution in [0.3, 0.4) is 0 Å².